The van der Waals surface area contributed by atoms with Crippen molar-refractivity contribution in [1.82, 2.24) is 0 Å². The van der Waals surface area contributed by atoms with Gasteiger partial charge >= 0.3 is 0 Å². The van der Waals surface area contributed by atoms with Crippen molar-refractivity contribution in [2.45, 2.75) is 38.9 Å². The van der Waals surface area contributed by atoms with Crippen LogP contribution in [0, 0.1) is 11.8 Å². The minimum Gasteiger partial charge on any atom is -0.343 e. The van der Waals surface area contributed by atoms with E-state index >= 15 is 0 Å². The summed E-state index contributed by atoms with van der Waals surface area (Å²) >= 11 is 0. The Bertz CT molecular complexity index is 476. The van der Waals surface area contributed by atoms with E-state index in [0.29, 0.717) is 25.2 Å². The van der Waals surface area contributed by atoms with Crippen LogP contribution in [0.15, 0.2) is 30.3 Å². The van der Waals surface area contributed by atoms with Crippen LogP contribution in [-0.2, 0) is 15.8 Å². The van der Waals surface area contributed by atoms with E-state index in [9.17, 15) is 14.3 Å². The minimum absolute atomic E-state index is 0.00929. The van der Waals surface area contributed by atoms with E-state index in [0.717, 1.165) is 11.8 Å². The number of benzene rings is 1. The predicted molar refractivity (Wildman–Crippen MR) is 86.4 cm³/mol. The number of hydrogen-bond donors (Lipinski definition) is 2. The van der Waals surface area contributed by atoms with Crippen LogP contribution < -0.4 is 5.73 Å². The molecule has 3 N–H and O–H groups in total. The monoisotopic (exact) mass is 311 g/mol. The maximum absolute atomic E-state index is 12.4. The second-order valence-corrected chi connectivity index (χ2v) is 8.60. The molecule has 0 heterocycles. The second-order valence-electron chi connectivity index (χ2n) is 6.06. The molecule has 1 rings (SSSR count). The number of rotatable bonds is 9. The fourth-order valence-electron chi connectivity index (χ4n) is 2.41. The SMILES string of the molecule is CC(C)C[C@@H](C=O)CP(=O)(O)[C@@H](N)CCc1ccccc1. The van der Waals surface area contributed by atoms with Crippen LogP contribution in [-0.4, -0.2) is 23.1 Å². The van der Waals surface area contributed by atoms with E-state index in [1.165, 1.54) is 0 Å². The van der Waals surface area contributed by atoms with Gasteiger partial charge in [-0.2, -0.15) is 0 Å². The highest BCUT2D eigenvalue weighted by Gasteiger charge is 2.30. The van der Waals surface area contributed by atoms with Gasteiger partial charge in [0, 0.05) is 12.1 Å². The topological polar surface area (TPSA) is 80.4 Å². The lowest BCUT2D eigenvalue weighted by atomic mass is 10.0. The lowest BCUT2D eigenvalue weighted by Gasteiger charge is -2.22. The van der Waals surface area contributed by atoms with E-state index in [1.807, 2.05) is 44.2 Å². The first kappa shape index (κ1) is 18.1. The molecule has 1 aromatic carbocycles. The van der Waals surface area contributed by atoms with E-state index in [4.69, 9.17) is 5.73 Å². The third-order valence-corrected chi connectivity index (χ3v) is 5.84. The zero-order valence-corrected chi connectivity index (χ0v) is 13.7. The fraction of sp³-hybridized carbons (Fsp3) is 0.562. The number of nitrogens with two attached hydrogens (primary N) is 1. The van der Waals surface area contributed by atoms with Crippen molar-refractivity contribution in [3.63, 3.8) is 0 Å². The lowest BCUT2D eigenvalue weighted by molar-refractivity contribution is -0.111. The Kier molecular flexibility index (Phi) is 7.30. The molecule has 21 heavy (non-hydrogen) atoms. The summed E-state index contributed by atoms with van der Waals surface area (Å²) in [6.45, 7) is 3.99. The Hall–Kier alpha value is -0.960. The van der Waals surface area contributed by atoms with Crippen molar-refractivity contribution in [3.8, 4) is 0 Å². The van der Waals surface area contributed by atoms with Crippen molar-refractivity contribution in [2.75, 3.05) is 6.16 Å². The smallest absolute Gasteiger partial charge is 0.217 e. The Balaban J connectivity index is 2.55. The Labute approximate surface area is 127 Å². The molecular formula is C16H26NO3P. The number of hydrogen-bond acceptors (Lipinski definition) is 3. The molecule has 0 aliphatic rings. The molecule has 0 fully saturated rings. The van der Waals surface area contributed by atoms with Crippen LogP contribution in [0.25, 0.3) is 0 Å². The van der Waals surface area contributed by atoms with E-state index in [-0.39, 0.29) is 12.1 Å². The number of carbonyl (C=O) groups excluding carboxylic acids is 1. The van der Waals surface area contributed by atoms with Crippen LogP contribution in [0.2, 0.25) is 0 Å². The van der Waals surface area contributed by atoms with Crippen LogP contribution in [0.3, 0.4) is 0 Å². The average molecular weight is 311 g/mol. The van der Waals surface area contributed by atoms with Gasteiger partial charge in [-0.3, -0.25) is 4.57 Å². The molecule has 0 aliphatic heterocycles. The Morgan fingerprint density at radius 3 is 2.43 bits per heavy atom. The average Bonchev–Trinajstić information content (AvgIpc) is 2.44. The summed E-state index contributed by atoms with van der Waals surface area (Å²) in [5.41, 5.74) is 7.00. The molecule has 5 heteroatoms. The van der Waals surface area contributed by atoms with E-state index in [1.54, 1.807) is 0 Å². The zero-order valence-electron chi connectivity index (χ0n) is 12.8. The normalized spacial score (nSPS) is 17.2. The van der Waals surface area contributed by atoms with Gasteiger partial charge < -0.3 is 15.4 Å². The molecular weight excluding hydrogens is 285 g/mol. The van der Waals surface area contributed by atoms with Gasteiger partial charge in [0.2, 0.25) is 7.37 Å². The van der Waals surface area contributed by atoms with Gasteiger partial charge in [-0.25, -0.2) is 0 Å². The standard InChI is InChI=1S/C16H26NO3P/c1-13(2)10-15(11-18)12-21(19,20)16(17)9-8-14-6-4-3-5-7-14/h3-7,11,13,15-16H,8-10,12,17H2,1-2H3,(H,19,20)/t15-,16+/m0/s1. The highest BCUT2D eigenvalue weighted by molar-refractivity contribution is 7.58. The molecule has 1 unspecified atom stereocenters. The summed E-state index contributed by atoms with van der Waals surface area (Å²) in [6, 6.07) is 9.75. The van der Waals surface area contributed by atoms with Crippen LogP contribution >= 0.6 is 7.37 Å². The summed E-state index contributed by atoms with van der Waals surface area (Å²) in [5, 5.41) is 0. The molecule has 0 saturated heterocycles. The predicted octanol–water partition coefficient (Wildman–Crippen LogP) is 3.04. The molecule has 0 bridgehead atoms. The van der Waals surface area contributed by atoms with Gasteiger partial charge in [-0.1, -0.05) is 44.2 Å². The molecule has 0 spiro atoms. The molecule has 4 nitrogen and oxygen atoms in total. The molecule has 3 atom stereocenters. The summed E-state index contributed by atoms with van der Waals surface area (Å²) in [7, 11) is -3.50. The highest BCUT2D eigenvalue weighted by Crippen LogP contribution is 2.47. The third-order valence-electron chi connectivity index (χ3n) is 3.55. The number of aldehydes is 1. The lowest BCUT2D eigenvalue weighted by Crippen LogP contribution is -2.25. The summed E-state index contributed by atoms with van der Waals surface area (Å²) in [4.78, 5) is 21.2. The van der Waals surface area contributed by atoms with Gasteiger partial charge in [0.15, 0.2) is 0 Å². The van der Waals surface area contributed by atoms with Gasteiger partial charge in [-0.05, 0) is 30.7 Å². The first-order chi connectivity index (χ1) is 9.85. The molecule has 0 aromatic heterocycles. The third kappa shape index (κ3) is 6.56. The Morgan fingerprint density at radius 1 is 1.29 bits per heavy atom. The fourth-order valence-corrected chi connectivity index (χ4v) is 4.12. The second kappa shape index (κ2) is 8.47. The molecule has 0 saturated carbocycles. The van der Waals surface area contributed by atoms with Crippen LogP contribution in [0.1, 0.15) is 32.3 Å². The van der Waals surface area contributed by atoms with Crippen LogP contribution in [0.5, 0.6) is 0 Å². The molecule has 0 radical (unpaired) electrons. The molecule has 0 aliphatic carbocycles. The van der Waals surface area contributed by atoms with Gasteiger partial charge in [-0.15, -0.1) is 0 Å². The zero-order chi connectivity index (χ0) is 15.9. The highest BCUT2D eigenvalue weighted by atomic mass is 31.2. The van der Waals surface area contributed by atoms with Gasteiger partial charge in [0.1, 0.15) is 6.29 Å². The summed E-state index contributed by atoms with van der Waals surface area (Å²) < 4.78 is 12.4. The molecule has 118 valence electrons. The van der Waals surface area contributed by atoms with Crippen molar-refractivity contribution in [2.24, 2.45) is 17.6 Å². The van der Waals surface area contributed by atoms with E-state index in [2.05, 4.69) is 0 Å². The minimum atomic E-state index is -3.50. The van der Waals surface area contributed by atoms with Gasteiger partial charge in [0.05, 0.1) is 5.78 Å². The van der Waals surface area contributed by atoms with Crippen molar-refractivity contribution in [3.05, 3.63) is 35.9 Å². The summed E-state index contributed by atoms with van der Waals surface area (Å²) in [6.07, 6.45) is 2.52. The number of carbonyl (C=O) groups is 1. The largest absolute Gasteiger partial charge is 0.343 e. The van der Waals surface area contributed by atoms with E-state index < -0.39 is 13.2 Å². The maximum Gasteiger partial charge on any atom is 0.217 e. The summed E-state index contributed by atoms with van der Waals surface area (Å²) in [5.74, 6) is -0.836. The maximum atomic E-state index is 12.4. The van der Waals surface area contributed by atoms with Crippen molar-refractivity contribution in [1.29, 1.82) is 0 Å². The number of aryl methyl sites for hydroxylation is 1. The molecule has 1 aromatic rings. The van der Waals surface area contributed by atoms with Gasteiger partial charge in [0.25, 0.3) is 0 Å². The first-order valence-corrected chi connectivity index (χ1v) is 9.33. The van der Waals surface area contributed by atoms with Crippen molar-refractivity contribution >= 4 is 13.7 Å². The quantitative estimate of drug-likeness (QED) is 0.542. The molecule has 0 amide bonds. The first-order valence-electron chi connectivity index (χ1n) is 7.41. The van der Waals surface area contributed by atoms with Crippen LogP contribution in [0.4, 0.5) is 0 Å². The van der Waals surface area contributed by atoms with Crippen molar-refractivity contribution < 1.29 is 14.3 Å². The Morgan fingerprint density at radius 2 is 1.90 bits per heavy atom.